The molecule has 0 aliphatic carbocycles. The molecule has 0 atom stereocenters. The molecule has 23 heavy (non-hydrogen) atoms. The molecule has 1 aliphatic rings. The Morgan fingerprint density at radius 1 is 1.13 bits per heavy atom. The first-order chi connectivity index (χ1) is 10.8. The van der Waals surface area contributed by atoms with Crippen molar-refractivity contribution in [3.8, 4) is 0 Å². The first kappa shape index (κ1) is 16.2. The van der Waals surface area contributed by atoms with Gasteiger partial charge >= 0.3 is 0 Å². The number of hydrogen-bond donors (Lipinski definition) is 0. The van der Waals surface area contributed by atoms with E-state index in [9.17, 15) is 17.2 Å². The molecule has 0 unspecified atom stereocenters. The van der Waals surface area contributed by atoms with Crippen LogP contribution in [0.2, 0.25) is 5.02 Å². The summed E-state index contributed by atoms with van der Waals surface area (Å²) in [7, 11) is -3.94. The number of halogens is 3. The number of nitrogens with zero attached hydrogens (tertiary/aromatic N) is 1. The predicted octanol–water partition coefficient (Wildman–Crippen LogP) is 4.07. The standard InChI is InChI=1S/C16H14ClF2NO2S/c1-10-4-5-16(12(17)7-10)23(21,22)20-6-2-3-11-8-13(18)14(19)9-15(11)20/h4-5,7-9H,2-3,6H2,1H3. The van der Waals surface area contributed by atoms with Crippen LogP contribution in [-0.2, 0) is 16.4 Å². The Balaban J connectivity index is 2.14. The molecule has 3 nitrogen and oxygen atoms in total. The van der Waals surface area contributed by atoms with Crippen LogP contribution in [0.1, 0.15) is 17.5 Å². The van der Waals surface area contributed by atoms with Gasteiger partial charge in [0.2, 0.25) is 0 Å². The number of benzene rings is 2. The Morgan fingerprint density at radius 3 is 2.52 bits per heavy atom. The van der Waals surface area contributed by atoms with Gasteiger partial charge in [-0.05, 0) is 49.1 Å². The van der Waals surface area contributed by atoms with Crippen molar-refractivity contribution < 1.29 is 17.2 Å². The van der Waals surface area contributed by atoms with Gasteiger partial charge in [-0.1, -0.05) is 17.7 Å². The molecular weight excluding hydrogens is 344 g/mol. The van der Waals surface area contributed by atoms with Crippen molar-refractivity contribution in [3.63, 3.8) is 0 Å². The molecule has 3 rings (SSSR count). The Morgan fingerprint density at radius 2 is 1.83 bits per heavy atom. The number of anilines is 1. The highest BCUT2D eigenvalue weighted by atomic mass is 35.5. The molecule has 7 heteroatoms. The average molecular weight is 358 g/mol. The molecule has 0 saturated heterocycles. The quantitative estimate of drug-likeness (QED) is 0.812. The number of aryl methyl sites for hydroxylation is 2. The maximum absolute atomic E-state index is 13.6. The topological polar surface area (TPSA) is 37.4 Å². The van der Waals surface area contributed by atoms with Crippen molar-refractivity contribution in [1.29, 1.82) is 0 Å². The summed E-state index contributed by atoms with van der Waals surface area (Å²) in [6.07, 6.45) is 1.03. The van der Waals surface area contributed by atoms with Crippen LogP contribution in [0, 0.1) is 18.6 Å². The second-order valence-electron chi connectivity index (χ2n) is 5.51. The lowest BCUT2D eigenvalue weighted by atomic mass is 10.0. The number of rotatable bonds is 2. The Labute approximate surface area is 138 Å². The third-order valence-corrected chi connectivity index (χ3v) is 6.15. The summed E-state index contributed by atoms with van der Waals surface area (Å²) in [5.74, 6) is -2.04. The normalized spacial score (nSPS) is 14.7. The first-order valence-corrected chi connectivity index (χ1v) is 8.89. The molecule has 0 bridgehead atoms. The van der Waals surface area contributed by atoms with Crippen LogP contribution in [0.15, 0.2) is 35.2 Å². The van der Waals surface area contributed by atoms with E-state index in [1.54, 1.807) is 19.1 Å². The minimum absolute atomic E-state index is 0.0395. The molecule has 0 spiro atoms. The largest absolute Gasteiger partial charge is 0.266 e. The highest BCUT2D eigenvalue weighted by Crippen LogP contribution is 2.35. The average Bonchev–Trinajstić information content (AvgIpc) is 2.47. The Bertz CT molecular complexity index is 884. The van der Waals surface area contributed by atoms with Gasteiger partial charge in [-0.25, -0.2) is 17.2 Å². The van der Waals surface area contributed by atoms with E-state index in [-0.39, 0.29) is 22.2 Å². The molecule has 0 amide bonds. The van der Waals surface area contributed by atoms with Crippen LogP contribution in [0.5, 0.6) is 0 Å². The highest BCUT2D eigenvalue weighted by Gasteiger charge is 2.31. The molecule has 2 aromatic rings. The second-order valence-corrected chi connectivity index (χ2v) is 7.75. The highest BCUT2D eigenvalue weighted by molar-refractivity contribution is 7.93. The van der Waals surface area contributed by atoms with Crippen molar-refractivity contribution in [2.45, 2.75) is 24.7 Å². The summed E-state index contributed by atoms with van der Waals surface area (Å²) >= 11 is 6.08. The van der Waals surface area contributed by atoms with Gasteiger partial charge in [-0.15, -0.1) is 0 Å². The molecule has 2 aromatic carbocycles. The van der Waals surface area contributed by atoms with Crippen LogP contribution in [0.25, 0.3) is 0 Å². The van der Waals surface area contributed by atoms with E-state index in [0.29, 0.717) is 18.4 Å². The third kappa shape index (κ3) is 2.81. The van der Waals surface area contributed by atoms with Gasteiger partial charge in [0, 0.05) is 12.6 Å². The van der Waals surface area contributed by atoms with E-state index in [1.165, 1.54) is 6.07 Å². The molecular formula is C16H14ClF2NO2S. The summed E-state index contributed by atoms with van der Waals surface area (Å²) < 4.78 is 53.9. The molecule has 0 fully saturated rings. The van der Waals surface area contributed by atoms with Crippen LogP contribution in [0.3, 0.4) is 0 Å². The predicted molar refractivity (Wildman–Crippen MR) is 85.4 cm³/mol. The van der Waals surface area contributed by atoms with E-state index in [4.69, 9.17) is 11.6 Å². The van der Waals surface area contributed by atoms with Gasteiger partial charge in [-0.2, -0.15) is 0 Å². The number of hydrogen-bond acceptors (Lipinski definition) is 2. The fourth-order valence-corrected chi connectivity index (χ4v) is 4.84. The van der Waals surface area contributed by atoms with Crippen LogP contribution in [0.4, 0.5) is 14.5 Å². The summed E-state index contributed by atoms with van der Waals surface area (Å²) in [5.41, 5.74) is 1.48. The minimum Gasteiger partial charge on any atom is -0.266 e. The first-order valence-electron chi connectivity index (χ1n) is 7.07. The smallest absolute Gasteiger partial charge is 0.265 e. The van der Waals surface area contributed by atoms with Crippen LogP contribution >= 0.6 is 11.6 Å². The molecule has 1 heterocycles. The molecule has 1 aliphatic heterocycles. The van der Waals surface area contributed by atoms with Gasteiger partial charge in [0.1, 0.15) is 4.90 Å². The summed E-state index contributed by atoms with van der Waals surface area (Å²) in [4.78, 5) is -0.0395. The summed E-state index contributed by atoms with van der Waals surface area (Å²) in [6, 6.07) is 6.63. The SMILES string of the molecule is Cc1ccc(S(=O)(=O)N2CCCc3cc(F)c(F)cc32)c(Cl)c1. The number of fused-ring (bicyclic) bond motifs is 1. The maximum atomic E-state index is 13.6. The van der Waals surface area contributed by atoms with Crippen molar-refractivity contribution in [2.75, 3.05) is 10.8 Å². The second kappa shape index (κ2) is 5.76. The molecule has 0 aromatic heterocycles. The van der Waals surface area contributed by atoms with Gasteiger partial charge < -0.3 is 0 Å². The maximum Gasteiger partial charge on any atom is 0.265 e. The number of sulfonamides is 1. The fraction of sp³-hybridized carbons (Fsp3) is 0.250. The molecule has 0 saturated carbocycles. The van der Waals surface area contributed by atoms with Gasteiger partial charge in [-0.3, -0.25) is 4.31 Å². The monoisotopic (exact) mass is 357 g/mol. The lowest BCUT2D eigenvalue weighted by Gasteiger charge is -2.30. The van der Waals surface area contributed by atoms with Gasteiger partial charge in [0.05, 0.1) is 10.7 Å². The summed E-state index contributed by atoms with van der Waals surface area (Å²) in [6.45, 7) is 2.00. The zero-order chi connectivity index (χ0) is 16.8. The fourth-order valence-electron chi connectivity index (χ4n) is 2.73. The lowest BCUT2D eigenvalue weighted by Crippen LogP contribution is -2.35. The van der Waals surface area contributed by atoms with E-state index in [2.05, 4.69) is 0 Å². The zero-order valence-corrected chi connectivity index (χ0v) is 13.9. The molecule has 0 N–H and O–H groups in total. The third-order valence-electron chi connectivity index (χ3n) is 3.85. The zero-order valence-electron chi connectivity index (χ0n) is 12.3. The Kier molecular flexibility index (Phi) is 4.06. The van der Waals surface area contributed by atoms with Crippen LogP contribution in [-0.4, -0.2) is 15.0 Å². The van der Waals surface area contributed by atoms with E-state index >= 15 is 0 Å². The van der Waals surface area contributed by atoms with Gasteiger partial charge in [0.15, 0.2) is 11.6 Å². The van der Waals surface area contributed by atoms with E-state index in [1.807, 2.05) is 0 Å². The lowest BCUT2D eigenvalue weighted by molar-refractivity contribution is 0.505. The van der Waals surface area contributed by atoms with Crippen molar-refractivity contribution in [3.05, 3.63) is 58.1 Å². The van der Waals surface area contributed by atoms with Crippen molar-refractivity contribution in [2.24, 2.45) is 0 Å². The van der Waals surface area contributed by atoms with Crippen LogP contribution < -0.4 is 4.31 Å². The van der Waals surface area contributed by atoms with E-state index < -0.39 is 21.7 Å². The van der Waals surface area contributed by atoms with Crippen molar-refractivity contribution >= 4 is 27.3 Å². The minimum atomic E-state index is -3.94. The summed E-state index contributed by atoms with van der Waals surface area (Å²) in [5, 5.41) is 0.111. The van der Waals surface area contributed by atoms with E-state index in [0.717, 1.165) is 22.0 Å². The van der Waals surface area contributed by atoms with Crippen molar-refractivity contribution in [1.82, 2.24) is 0 Å². The molecule has 0 radical (unpaired) electrons. The molecule has 122 valence electrons. The Hall–Kier alpha value is -1.66. The van der Waals surface area contributed by atoms with Gasteiger partial charge in [0.25, 0.3) is 10.0 Å².